The van der Waals surface area contributed by atoms with Gasteiger partial charge in [-0.05, 0) is 39.2 Å². The van der Waals surface area contributed by atoms with E-state index >= 15 is 0 Å². The maximum absolute atomic E-state index is 11.9. The number of hydrogen-bond acceptors (Lipinski definition) is 4. The van der Waals surface area contributed by atoms with Crippen molar-refractivity contribution in [3.8, 4) is 0 Å². The molecule has 0 aliphatic carbocycles. The fourth-order valence-electron chi connectivity index (χ4n) is 1.58. The summed E-state index contributed by atoms with van der Waals surface area (Å²) in [6, 6.07) is 4.30. The Bertz CT molecular complexity index is 477. The lowest BCUT2D eigenvalue weighted by atomic mass is 10.1. The number of halogens is 1. The lowest BCUT2D eigenvalue weighted by molar-refractivity contribution is -0.385. The first-order valence-electron chi connectivity index (χ1n) is 5.79. The van der Waals surface area contributed by atoms with Crippen LogP contribution in [0.25, 0.3) is 0 Å². The highest BCUT2D eigenvalue weighted by Crippen LogP contribution is 2.27. The van der Waals surface area contributed by atoms with Crippen molar-refractivity contribution in [1.82, 2.24) is 10.2 Å². The van der Waals surface area contributed by atoms with Gasteiger partial charge in [0.2, 0.25) is 0 Å². The Hall–Kier alpha value is -1.66. The Labute approximate surface area is 116 Å². The molecular weight excluding hydrogens is 270 g/mol. The number of nitro groups is 1. The molecule has 0 radical (unpaired) electrons. The van der Waals surface area contributed by atoms with E-state index in [0.29, 0.717) is 6.54 Å². The van der Waals surface area contributed by atoms with Crippen LogP contribution in [-0.2, 0) is 0 Å². The molecule has 0 aliphatic heterocycles. The normalized spacial score (nSPS) is 10.5. The number of nitro benzene ring substituents is 1. The molecule has 6 nitrogen and oxygen atoms in total. The van der Waals surface area contributed by atoms with Crippen molar-refractivity contribution >= 4 is 23.2 Å². The highest BCUT2D eigenvalue weighted by atomic mass is 35.5. The number of hydrogen-bond donors (Lipinski definition) is 1. The molecule has 0 fully saturated rings. The maximum Gasteiger partial charge on any atom is 0.300 e. The van der Waals surface area contributed by atoms with E-state index in [4.69, 9.17) is 11.6 Å². The van der Waals surface area contributed by atoms with E-state index in [-0.39, 0.29) is 16.3 Å². The molecule has 0 atom stereocenters. The molecule has 0 unspecified atom stereocenters. The molecular formula is C12H16ClN3O3. The second-order valence-electron chi connectivity index (χ2n) is 4.31. The second-order valence-corrected chi connectivity index (χ2v) is 4.71. The monoisotopic (exact) mass is 285 g/mol. The van der Waals surface area contributed by atoms with Crippen LogP contribution in [0.5, 0.6) is 0 Å². The summed E-state index contributed by atoms with van der Waals surface area (Å²) in [7, 11) is 3.87. The van der Waals surface area contributed by atoms with Crippen LogP contribution in [0, 0.1) is 10.1 Å². The lowest BCUT2D eigenvalue weighted by Gasteiger charge is -2.10. The van der Waals surface area contributed by atoms with Gasteiger partial charge in [-0.25, -0.2) is 0 Å². The predicted molar refractivity (Wildman–Crippen MR) is 73.6 cm³/mol. The largest absolute Gasteiger partial charge is 0.352 e. The van der Waals surface area contributed by atoms with Crippen molar-refractivity contribution in [3.63, 3.8) is 0 Å². The zero-order valence-electron chi connectivity index (χ0n) is 10.9. The van der Waals surface area contributed by atoms with Gasteiger partial charge in [-0.2, -0.15) is 0 Å². The fourth-order valence-corrected chi connectivity index (χ4v) is 1.82. The van der Waals surface area contributed by atoms with Gasteiger partial charge < -0.3 is 10.2 Å². The molecule has 1 aromatic rings. The topological polar surface area (TPSA) is 75.5 Å². The molecule has 19 heavy (non-hydrogen) atoms. The molecule has 0 saturated heterocycles. The summed E-state index contributed by atoms with van der Waals surface area (Å²) in [6.45, 7) is 1.29. The quantitative estimate of drug-likeness (QED) is 0.492. The Morgan fingerprint density at radius 1 is 1.47 bits per heavy atom. The maximum atomic E-state index is 11.9. The van der Waals surface area contributed by atoms with Gasteiger partial charge in [-0.15, -0.1) is 0 Å². The smallest absolute Gasteiger partial charge is 0.300 e. The number of nitrogens with zero attached hydrogens (tertiary/aromatic N) is 2. The number of carbonyl (C=O) groups is 1. The first kappa shape index (κ1) is 15.4. The van der Waals surface area contributed by atoms with Crippen LogP contribution in [0.1, 0.15) is 16.8 Å². The Kier molecular flexibility index (Phi) is 5.72. The summed E-state index contributed by atoms with van der Waals surface area (Å²) >= 11 is 5.74. The third kappa shape index (κ3) is 4.50. The van der Waals surface area contributed by atoms with Gasteiger partial charge in [0.25, 0.3) is 5.91 Å². The number of rotatable bonds is 6. The average Bonchev–Trinajstić information content (AvgIpc) is 2.33. The summed E-state index contributed by atoms with van der Waals surface area (Å²) in [6.07, 6.45) is 0.771. The number of nitrogens with one attached hydrogen (secondary N) is 1. The Morgan fingerprint density at radius 2 is 2.16 bits per heavy atom. The van der Waals surface area contributed by atoms with E-state index in [0.717, 1.165) is 13.0 Å². The van der Waals surface area contributed by atoms with Crippen LogP contribution >= 0.6 is 11.6 Å². The van der Waals surface area contributed by atoms with Crippen molar-refractivity contribution in [2.75, 3.05) is 27.2 Å². The zero-order chi connectivity index (χ0) is 14.4. The van der Waals surface area contributed by atoms with Crippen molar-refractivity contribution in [1.29, 1.82) is 0 Å². The van der Waals surface area contributed by atoms with Gasteiger partial charge in [-0.1, -0.05) is 17.7 Å². The number of carbonyl (C=O) groups excluding carboxylic acids is 1. The van der Waals surface area contributed by atoms with Gasteiger partial charge in [0.05, 0.1) is 4.92 Å². The van der Waals surface area contributed by atoms with Gasteiger partial charge in [0.1, 0.15) is 10.6 Å². The lowest BCUT2D eigenvalue weighted by Crippen LogP contribution is -2.27. The Balaban J connectivity index is 2.72. The summed E-state index contributed by atoms with van der Waals surface area (Å²) in [5, 5.41) is 13.5. The Morgan fingerprint density at radius 3 is 2.74 bits per heavy atom. The molecule has 1 N–H and O–H groups in total. The summed E-state index contributed by atoms with van der Waals surface area (Å²) in [5.41, 5.74) is -0.364. The van der Waals surface area contributed by atoms with E-state index in [1.54, 1.807) is 0 Å². The molecule has 0 saturated carbocycles. The fraction of sp³-hybridized carbons (Fsp3) is 0.417. The van der Waals surface area contributed by atoms with E-state index in [1.165, 1.54) is 18.2 Å². The average molecular weight is 286 g/mol. The minimum absolute atomic E-state index is 0.0117. The second kappa shape index (κ2) is 7.06. The summed E-state index contributed by atoms with van der Waals surface area (Å²) in [4.78, 5) is 24.1. The van der Waals surface area contributed by atoms with Gasteiger partial charge in [-0.3, -0.25) is 14.9 Å². The molecule has 1 amide bonds. The van der Waals surface area contributed by atoms with Crippen LogP contribution in [0.3, 0.4) is 0 Å². The molecule has 104 valence electrons. The third-order valence-electron chi connectivity index (χ3n) is 2.48. The number of para-hydroxylation sites is 1. The molecule has 1 aromatic carbocycles. The molecule has 0 aromatic heterocycles. The third-order valence-corrected chi connectivity index (χ3v) is 2.79. The minimum atomic E-state index is -0.642. The van der Waals surface area contributed by atoms with Crippen LogP contribution in [-0.4, -0.2) is 42.9 Å². The molecule has 0 spiro atoms. The van der Waals surface area contributed by atoms with Crippen LogP contribution < -0.4 is 5.32 Å². The first-order chi connectivity index (χ1) is 8.93. The molecule has 0 heterocycles. The number of amides is 1. The van der Waals surface area contributed by atoms with Crippen molar-refractivity contribution in [3.05, 3.63) is 38.9 Å². The van der Waals surface area contributed by atoms with Gasteiger partial charge >= 0.3 is 5.69 Å². The highest BCUT2D eigenvalue weighted by Gasteiger charge is 2.23. The first-order valence-corrected chi connectivity index (χ1v) is 6.17. The van der Waals surface area contributed by atoms with Crippen molar-refractivity contribution < 1.29 is 9.72 Å². The van der Waals surface area contributed by atoms with Gasteiger partial charge in [0.15, 0.2) is 0 Å². The van der Waals surface area contributed by atoms with E-state index in [2.05, 4.69) is 5.32 Å². The van der Waals surface area contributed by atoms with Crippen molar-refractivity contribution in [2.24, 2.45) is 0 Å². The molecule has 0 aliphatic rings. The minimum Gasteiger partial charge on any atom is -0.352 e. The van der Waals surface area contributed by atoms with Crippen LogP contribution in [0.4, 0.5) is 5.69 Å². The highest BCUT2D eigenvalue weighted by molar-refractivity contribution is 6.33. The summed E-state index contributed by atoms with van der Waals surface area (Å²) in [5.74, 6) is -0.479. The van der Waals surface area contributed by atoms with E-state index < -0.39 is 10.8 Å². The van der Waals surface area contributed by atoms with Crippen molar-refractivity contribution in [2.45, 2.75) is 6.42 Å². The standard InChI is InChI=1S/C12H16ClN3O3/c1-15(2)8-4-7-14-12(17)9-5-3-6-10(13)11(9)16(18)19/h3,5-6H,4,7-8H2,1-2H3,(H,14,17). The van der Waals surface area contributed by atoms with E-state index in [9.17, 15) is 14.9 Å². The van der Waals surface area contributed by atoms with Crippen LogP contribution in [0.15, 0.2) is 18.2 Å². The summed E-state index contributed by atoms with van der Waals surface area (Å²) < 4.78 is 0. The zero-order valence-corrected chi connectivity index (χ0v) is 11.6. The number of benzene rings is 1. The van der Waals surface area contributed by atoms with E-state index in [1.807, 2.05) is 19.0 Å². The predicted octanol–water partition coefficient (Wildman–Crippen LogP) is 1.93. The van der Waals surface area contributed by atoms with Crippen LogP contribution in [0.2, 0.25) is 5.02 Å². The molecule has 1 rings (SSSR count). The SMILES string of the molecule is CN(C)CCCNC(=O)c1cccc(Cl)c1[N+](=O)[O-]. The molecule has 0 bridgehead atoms. The molecule has 7 heteroatoms. The van der Waals surface area contributed by atoms with Gasteiger partial charge in [0, 0.05) is 6.54 Å².